The van der Waals surface area contributed by atoms with Crippen LogP contribution in [0.25, 0.3) is 0 Å². The second kappa shape index (κ2) is 24.6. The quantitative estimate of drug-likeness (QED) is 0.268. The Hall–Kier alpha value is -0.420. The van der Waals surface area contributed by atoms with E-state index in [4.69, 9.17) is 9.42 Å². The van der Waals surface area contributed by atoms with Gasteiger partial charge in [0.25, 0.3) is 0 Å². The summed E-state index contributed by atoms with van der Waals surface area (Å²) in [6, 6.07) is 0. The number of carbonyl (C=O) groups excluding carboxylic acids is 1. The van der Waals surface area contributed by atoms with Crippen molar-refractivity contribution >= 4 is 13.7 Å². The molecule has 0 radical (unpaired) electrons. The normalized spacial score (nSPS) is 12.1. The number of carbonyl (C=O) groups is 1. The Kier molecular flexibility index (Phi) is 28.7. The van der Waals surface area contributed by atoms with Gasteiger partial charge in [-0.15, -0.1) is 0 Å². The molecule has 0 aliphatic carbocycles. The molecule has 0 aromatic heterocycles. The molecule has 0 heterocycles. The molecule has 0 rings (SSSR count). The molecule has 160 valence electrons. The van der Waals surface area contributed by atoms with Gasteiger partial charge < -0.3 is 10.2 Å². The van der Waals surface area contributed by atoms with E-state index >= 15 is 0 Å². The van der Waals surface area contributed by atoms with Crippen LogP contribution in [0.15, 0.2) is 0 Å². The first-order valence-corrected chi connectivity index (χ1v) is 11.7. The number of rotatable bonds is 15. The van der Waals surface area contributed by atoms with Crippen molar-refractivity contribution < 1.29 is 23.3 Å². The van der Waals surface area contributed by atoms with Crippen LogP contribution < -0.4 is 5.32 Å². The molecule has 2 N–H and O–H groups in total. The highest BCUT2D eigenvalue weighted by atomic mass is 31.2. The lowest BCUT2D eigenvalue weighted by molar-refractivity contribution is -0.118. The Bertz CT molecular complexity index is 327. The van der Waals surface area contributed by atoms with E-state index in [0.29, 0.717) is 0 Å². The lowest BCUT2D eigenvalue weighted by atomic mass is 10.1. The van der Waals surface area contributed by atoms with Crippen molar-refractivity contribution in [2.75, 3.05) is 20.3 Å². The van der Waals surface area contributed by atoms with Gasteiger partial charge >= 0.3 is 7.82 Å². The molecule has 1 unspecified atom stereocenters. The summed E-state index contributed by atoms with van der Waals surface area (Å²) in [6.07, 6.45) is 11.4. The van der Waals surface area contributed by atoms with E-state index < -0.39 is 7.82 Å². The van der Waals surface area contributed by atoms with Gasteiger partial charge in [-0.3, -0.25) is 13.8 Å². The molecule has 0 aromatic carbocycles. The van der Waals surface area contributed by atoms with Crippen LogP contribution in [0.1, 0.15) is 98.8 Å². The number of amides is 1. The highest BCUT2D eigenvalue weighted by Crippen LogP contribution is 2.41. The molecule has 26 heavy (non-hydrogen) atoms. The van der Waals surface area contributed by atoms with Crippen molar-refractivity contribution in [3.63, 3.8) is 0 Å². The third kappa shape index (κ3) is 28.4. The maximum atomic E-state index is 11.0. The zero-order valence-electron chi connectivity index (χ0n) is 18.0. The molecule has 0 fully saturated rings. The smallest absolute Gasteiger partial charge is 0.356 e. The summed E-state index contributed by atoms with van der Waals surface area (Å²) in [5, 5.41) is 2.80. The molecule has 6 nitrogen and oxygen atoms in total. The van der Waals surface area contributed by atoms with E-state index in [0.717, 1.165) is 32.2 Å². The summed E-state index contributed by atoms with van der Waals surface area (Å²) in [5.41, 5.74) is 0. The van der Waals surface area contributed by atoms with Crippen LogP contribution in [0.2, 0.25) is 0 Å². The molecular formula is C19H44NO5P. The van der Waals surface area contributed by atoms with Gasteiger partial charge in [0.15, 0.2) is 0 Å². The van der Waals surface area contributed by atoms with Gasteiger partial charge in [-0.05, 0) is 12.8 Å². The fourth-order valence-corrected chi connectivity index (χ4v) is 2.60. The number of phosphoric ester groups is 1. The summed E-state index contributed by atoms with van der Waals surface area (Å²) in [5.74, 6) is 0.0504. The second-order valence-corrected chi connectivity index (χ2v) is 7.06. The van der Waals surface area contributed by atoms with Crippen LogP contribution in [0.5, 0.6) is 0 Å². The van der Waals surface area contributed by atoms with Crippen molar-refractivity contribution in [2.24, 2.45) is 0 Å². The number of hydrogen-bond acceptors (Lipinski definition) is 4. The van der Waals surface area contributed by atoms with E-state index in [-0.39, 0.29) is 12.5 Å². The predicted molar refractivity (Wildman–Crippen MR) is 110 cm³/mol. The number of phosphoric acid groups is 1. The van der Waals surface area contributed by atoms with Crippen molar-refractivity contribution in [2.45, 2.75) is 98.8 Å². The van der Waals surface area contributed by atoms with Crippen LogP contribution in [0.4, 0.5) is 0 Å². The zero-order valence-corrected chi connectivity index (χ0v) is 18.9. The fourth-order valence-electron chi connectivity index (χ4n) is 2.14. The van der Waals surface area contributed by atoms with E-state index in [1.165, 1.54) is 45.6 Å². The lowest BCUT2D eigenvalue weighted by Crippen LogP contribution is -2.20. The minimum atomic E-state index is -3.78. The highest BCUT2D eigenvalue weighted by molar-refractivity contribution is 7.47. The first-order valence-electron chi connectivity index (χ1n) is 10.3. The first-order chi connectivity index (χ1) is 12.5. The van der Waals surface area contributed by atoms with E-state index in [2.05, 4.69) is 9.84 Å². The highest BCUT2D eigenvalue weighted by Gasteiger charge is 2.17. The number of nitrogens with one attached hydrogen (secondary N) is 1. The van der Waals surface area contributed by atoms with Gasteiger partial charge in [-0.1, -0.05) is 79.1 Å². The maximum Gasteiger partial charge on any atom is 0.471 e. The Morgan fingerprint density at radius 1 is 0.846 bits per heavy atom. The molecule has 0 aromatic rings. The van der Waals surface area contributed by atoms with E-state index in [9.17, 15) is 9.36 Å². The topological polar surface area (TPSA) is 84.9 Å². The minimum Gasteiger partial charge on any atom is -0.356 e. The van der Waals surface area contributed by atoms with Crippen LogP contribution >= 0.6 is 7.82 Å². The van der Waals surface area contributed by atoms with Gasteiger partial charge in [0.05, 0.1) is 6.61 Å². The van der Waals surface area contributed by atoms with Crippen molar-refractivity contribution in [1.82, 2.24) is 5.32 Å². The molecule has 1 atom stereocenters. The Labute approximate surface area is 162 Å². The first kappa shape index (κ1) is 30.3. The molecule has 0 aliphatic rings. The summed E-state index contributed by atoms with van der Waals surface area (Å²) in [4.78, 5) is 19.7. The average molecular weight is 398 g/mol. The van der Waals surface area contributed by atoms with Gasteiger partial charge in [-0.25, -0.2) is 4.57 Å². The Morgan fingerprint density at radius 2 is 1.23 bits per heavy atom. The lowest BCUT2D eigenvalue weighted by Gasteiger charge is -2.08. The Balaban J connectivity index is -0.00000123. The monoisotopic (exact) mass is 397 g/mol. The van der Waals surface area contributed by atoms with Crippen molar-refractivity contribution in [1.29, 1.82) is 0 Å². The molecule has 0 spiro atoms. The molecule has 0 saturated carbocycles. The summed E-state index contributed by atoms with van der Waals surface area (Å²) in [6.45, 7) is 10.6. The molecule has 7 heteroatoms. The zero-order chi connectivity index (χ0) is 20.7. The van der Waals surface area contributed by atoms with Gasteiger partial charge in [0.1, 0.15) is 0 Å². The molecule has 0 saturated heterocycles. The average Bonchev–Trinajstić information content (AvgIpc) is 2.65. The van der Waals surface area contributed by atoms with E-state index in [1.54, 1.807) is 6.92 Å². The largest absolute Gasteiger partial charge is 0.471 e. The number of unbranched alkanes of at least 4 members (excludes halogenated alkanes) is 9. The van der Waals surface area contributed by atoms with Crippen molar-refractivity contribution in [3.05, 3.63) is 0 Å². The summed E-state index contributed by atoms with van der Waals surface area (Å²) in [7, 11) is -2.62. The maximum absolute atomic E-state index is 11.0. The molecule has 0 aliphatic heterocycles. The third-order valence-electron chi connectivity index (χ3n) is 3.43. The van der Waals surface area contributed by atoms with Gasteiger partial charge in [-0.2, -0.15) is 0 Å². The minimum absolute atomic E-state index is 0.0504. The third-order valence-corrected chi connectivity index (χ3v) is 4.40. The molecular weight excluding hydrogens is 353 g/mol. The van der Waals surface area contributed by atoms with Crippen molar-refractivity contribution in [3.8, 4) is 0 Å². The van der Waals surface area contributed by atoms with Gasteiger partial charge in [0.2, 0.25) is 5.91 Å². The summed E-state index contributed by atoms with van der Waals surface area (Å²) < 4.78 is 20.1. The molecule has 0 bridgehead atoms. The van der Waals surface area contributed by atoms with Crippen LogP contribution in [-0.4, -0.2) is 31.1 Å². The Morgan fingerprint density at radius 3 is 1.62 bits per heavy atom. The second-order valence-electron chi connectivity index (χ2n) is 5.50. The van der Waals surface area contributed by atoms with Crippen LogP contribution in [0.3, 0.4) is 0 Å². The molecule has 1 amide bonds. The van der Waals surface area contributed by atoms with Crippen LogP contribution in [0, 0.1) is 0 Å². The van der Waals surface area contributed by atoms with Gasteiger partial charge in [0, 0.05) is 20.6 Å². The fraction of sp³-hybridized carbons (Fsp3) is 0.947. The van der Waals surface area contributed by atoms with Crippen LogP contribution in [-0.2, 0) is 18.4 Å². The number of hydrogen-bond donors (Lipinski definition) is 2. The standard InChI is InChI=1S/C15H32NO5P.2C2H6/c1-15(17)16-13-11-9-7-5-3-4-6-8-10-12-14-21-22(18,19)20-2;2*1-2/h3-14H2,1-2H3,(H,16,17)(H,18,19);2*1-2H3. The SMILES string of the molecule is CC.CC.COP(=O)(O)OCCCCCCCCCCCCNC(C)=O. The predicted octanol–water partition coefficient (Wildman–Crippen LogP) is 5.84. The summed E-state index contributed by atoms with van der Waals surface area (Å²) >= 11 is 0. The van der Waals surface area contributed by atoms with E-state index in [1.807, 2.05) is 27.7 Å².